The predicted octanol–water partition coefficient (Wildman–Crippen LogP) is 4.55. The number of carbonyl (C=O) groups excluding carboxylic acids is 1. The molecule has 0 radical (unpaired) electrons. The number of benzene rings is 1. The number of anilines is 1. The second kappa shape index (κ2) is 6.72. The van der Waals surface area contributed by atoms with E-state index in [9.17, 15) is 23.1 Å². The summed E-state index contributed by atoms with van der Waals surface area (Å²) in [5.74, 6) is -0.335. The first-order chi connectivity index (χ1) is 10.8. The van der Waals surface area contributed by atoms with Crippen molar-refractivity contribution in [1.82, 2.24) is 0 Å². The van der Waals surface area contributed by atoms with E-state index >= 15 is 0 Å². The van der Waals surface area contributed by atoms with Crippen molar-refractivity contribution < 1.29 is 23.1 Å². The highest BCUT2D eigenvalue weighted by Crippen LogP contribution is 2.42. The molecule has 2 N–H and O–H groups in total. The lowest BCUT2D eigenvalue weighted by atomic mass is 9.88. The molecule has 1 atom stereocenters. The fraction of sp³-hybridized carbons (Fsp3) is 0.312. The number of aliphatic hydroxyl groups is 1. The highest BCUT2D eigenvalue weighted by atomic mass is 32.1. The summed E-state index contributed by atoms with van der Waals surface area (Å²) in [6.07, 6.45) is -4.99. The number of halogens is 3. The second-order valence-electron chi connectivity index (χ2n) is 5.15. The average Bonchev–Trinajstić information content (AvgIpc) is 3.01. The predicted molar refractivity (Wildman–Crippen MR) is 83.6 cm³/mol. The summed E-state index contributed by atoms with van der Waals surface area (Å²) in [5, 5.41) is 16.1. The van der Waals surface area contributed by atoms with E-state index in [2.05, 4.69) is 5.32 Å². The van der Waals surface area contributed by atoms with E-state index in [0.717, 1.165) is 0 Å². The zero-order valence-electron chi connectivity index (χ0n) is 12.4. The Morgan fingerprint density at radius 2 is 1.87 bits per heavy atom. The summed E-state index contributed by atoms with van der Waals surface area (Å²) in [6.45, 7) is 1.58. The quantitative estimate of drug-likeness (QED) is 0.837. The topological polar surface area (TPSA) is 49.3 Å². The molecule has 0 spiro atoms. The first-order valence-electron chi connectivity index (χ1n) is 7.01. The van der Waals surface area contributed by atoms with Gasteiger partial charge >= 0.3 is 6.18 Å². The first-order valence-corrected chi connectivity index (χ1v) is 7.95. The van der Waals surface area contributed by atoms with Crippen LogP contribution in [-0.4, -0.2) is 17.2 Å². The fourth-order valence-electron chi connectivity index (χ4n) is 2.24. The van der Waals surface area contributed by atoms with Gasteiger partial charge < -0.3 is 10.4 Å². The minimum Gasteiger partial charge on any atom is -0.376 e. The van der Waals surface area contributed by atoms with Gasteiger partial charge in [-0.3, -0.25) is 4.79 Å². The Bertz CT molecular complexity index is 653. The molecule has 0 aliphatic heterocycles. The van der Waals surface area contributed by atoms with Gasteiger partial charge in [-0.15, -0.1) is 0 Å². The number of nitrogens with one attached hydrogen (secondary N) is 1. The van der Waals surface area contributed by atoms with Gasteiger partial charge in [-0.1, -0.05) is 25.5 Å². The van der Waals surface area contributed by atoms with E-state index < -0.39 is 18.2 Å². The molecule has 1 aromatic heterocycles. The Balaban J connectivity index is 2.19. The molecule has 2 aromatic rings. The normalized spacial score (nSPS) is 14.3. The van der Waals surface area contributed by atoms with Gasteiger partial charge in [0.1, 0.15) is 0 Å². The molecule has 1 amide bonds. The third-order valence-corrected chi connectivity index (χ3v) is 4.17. The SMILES string of the molecule is CCCC(O)(c1ccc(NC(=O)c2ccsc2)cc1)C(F)(F)F. The van der Waals surface area contributed by atoms with Gasteiger partial charge in [0.2, 0.25) is 0 Å². The van der Waals surface area contributed by atoms with E-state index in [-0.39, 0.29) is 17.9 Å². The molecule has 0 aliphatic carbocycles. The van der Waals surface area contributed by atoms with Crippen LogP contribution in [0, 0.1) is 0 Å². The largest absolute Gasteiger partial charge is 0.421 e. The zero-order chi connectivity index (χ0) is 17.1. The maximum absolute atomic E-state index is 13.2. The van der Waals surface area contributed by atoms with Crippen LogP contribution in [0.5, 0.6) is 0 Å². The molecule has 0 fully saturated rings. The number of thiophene rings is 1. The number of hydrogen-bond donors (Lipinski definition) is 2. The van der Waals surface area contributed by atoms with Gasteiger partial charge in [0, 0.05) is 11.1 Å². The van der Waals surface area contributed by atoms with Gasteiger partial charge in [-0.25, -0.2) is 0 Å². The molecule has 7 heteroatoms. The van der Waals surface area contributed by atoms with Gasteiger partial charge in [-0.05, 0) is 35.6 Å². The highest BCUT2D eigenvalue weighted by Gasteiger charge is 2.54. The van der Waals surface area contributed by atoms with Crippen molar-refractivity contribution in [3.63, 3.8) is 0 Å². The van der Waals surface area contributed by atoms with E-state index in [1.165, 1.54) is 35.6 Å². The molecule has 1 heterocycles. The van der Waals surface area contributed by atoms with Gasteiger partial charge in [-0.2, -0.15) is 24.5 Å². The molecule has 0 bridgehead atoms. The average molecular weight is 343 g/mol. The maximum atomic E-state index is 13.2. The lowest BCUT2D eigenvalue weighted by molar-refractivity contribution is -0.269. The van der Waals surface area contributed by atoms with Gasteiger partial charge in [0.15, 0.2) is 5.60 Å². The first kappa shape index (κ1) is 17.5. The fourth-order valence-corrected chi connectivity index (χ4v) is 2.87. The lowest BCUT2D eigenvalue weighted by Crippen LogP contribution is -2.42. The molecule has 0 aliphatic rings. The number of hydrogen-bond acceptors (Lipinski definition) is 3. The van der Waals surface area contributed by atoms with Crippen LogP contribution in [0.3, 0.4) is 0 Å². The van der Waals surface area contributed by atoms with E-state index in [1.807, 2.05) is 0 Å². The molecule has 0 saturated heterocycles. The molecule has 1 aromatic carbocycles. The second-order valence-corrected chi connectivity index (χ2v) is 5.93. The van der Waals surface area contributed by atoms with Crippen molar-refractivity contribution >= 4 is 22.9 Å². The Morgan fingerprint density at radius 3 is 2.35 bits per heavy atom. The van der Waals surface area contributed by atoms with E-state index in [0.29, 0.717) is 11.3 Å². The molecule has 1 unspecified atom stereocenters. The van der Waals surface area contributed by atoms with Crippen molar-refractivity contribution in [3.05, 3.63) is 52.2 Å². The van der Waals surface area contributed by atoms with Crippen LogP contribution >= 0.6 is 11.3 Å². The van der Waals surface area contributed by atoms with Crippen LogP contribution in [0.1, 0.15) is 35.7 Å². The van der Waals surface area contributed by atoms with E-state index in [1.54, 1.807) is 23.8 Å². The number of amides is 1. The van der Waals surface area contributed by atoms with Gasteiger partial charge in [0.05, 0.1) is 5.56 Å². The van der Waals surface area contributed by atoms with Crippen molar-refractivity contribution in [2.45, 2.75) is 31.5 Å². The van der Waals surface area contributed by atoms with Crippen molar-refractivity contribution in [3.8, 4) is 0 Å². The Labute approximate surface area is 135 Å². The molecule has 124 valence electrons. The Kier molecular flexibility index (Phi) is 5.11. The monoisotopic (exact) mass is 343 g/mol. The van der Waals surface area contributed by atoms with Crippen LogP contribution in [0.25, 0.3) is 0 Å². The Hall–Kier alpha value is -1.86. The minimum atomic E-state index is -4.76. The van der Waals surface area contributed by atoms with Crippen LogP contribution in [0.15, 0.2) is 41.1 Å². The Morgan fingerprint density at radius 1 is 1.22 bits per heavy atom. The molecule has 0 saturated carbocycles. The van der Waals surface area contributed by atoms with Crippen molar-refractivity contribution in [2.24, 2.45) is 0 Å². The van der Waals surface area contributed by atoms with E-state index in [4.69, 9.17) is 0 Å². The van der Waals surface area contributed by atoms with Crippen molar-refractivity contribution in [2.75, 3.05) is 5.32 Å². The molecule has 3 nitrogen and oxygen atoms in total. The number of carbonyl (C=O) groups is 1. The summed E-state index contributed by atoms with van der Waals surface area (Å²) in [6, 6.07) is 6.73. The third kappa shape index (κ3) is 3.73. The van der Waals surface area contributed by atoms with Crippen molar-refractivity contribution in [1.29, 1.82) is 0 Å². The molecular formula is C16H16F3NO2S. The minimum absolute atomic E-state index is 0.187. The lowest BCUT2D eigenvalue weighted by Gasteiger charge is -2.30. The van der Waals surface area contributed by atoms with Gasteiger partial charge in [0.25, 0.3) is 5.91 Å². The molecule has 2 rings (SSSR count). The molecule has 23 heavy (non-hydrogen) atoms. The van der Waals surface area contributed by atoms with Crippen LogP contribution in [-0.2, 0) is 5.60 Å². The van der Waals surface area contributed by atoms with Crippen LogP contribution in [0.2, 0.25) is 0 Å². The third-order valence-electron chi connectivity index (χ3n) is 3.48. The zero-order valence-corrected chi connectivity index (χ0v) is 13.2. The standard InChI is InChI=1S/C16H16F3NO2S/c1-2-8-15(22,16(17,18)19)12-3-5-13(6-4-12)20-14(21)11-7-9-23-10-11/h3-7,9-10,22H,2,8H2,1H3,(H,20,21). The summed E-state index contributed by atoms with van der Waals surface area (Å²) in [4.78, 5) is 11.9. The molecular weight excluding hydrogens is 327 g/mol. The van der Waals surface area contributed by atoms with Crippen LogP contribution in [0.4, 0.5) is 18.9 Å². The smallest absolute Gasteiger partial charge is 0.376 e. The number of rotatable bonds is 5. The summed E-state index contributed by atoms with van der Waals surface area (Å²) >= 11 is 1.37. The summed E-state index contributed by atoms with van der Waals surface area (Å²) < 4.78 is 39.5. The number of alkyl halides is 3. The maximum Gasteiger partial charge on any atom is 0.421 e. The summed E-state index contributed by atoms with van der Waals surface area (Å²) in [7, 11) is 0. The van der Waals surface area contributed by atoms with Crippen LogP contribution < -0.4 is 5.32 Å². The summed E-state index contributed by atoms with van der Waals surface area (Å²) in [5.41, 5.74) is -2.26. The highest BCUT2D eigenvalue weighted by molar-refractivity contribution is 7.08.